The molecule has 1 N–H and O–H groups in total. The van der Waals surface area contributed by atoms with E-state index in [1.165, 1.54) is 18.7 Å². The second-order valence-corrected chi connectivity index (χ2v) is 12.2. The molecule has 2 amide bonds. The molecule has 47 heavy (non-hydrogen) atoms. The summed E-state index contributed by atoms with van der Waals surface area (Å²) >= 11 is 0. The Morgan fingerprint density at radius 2 is 1.74 bits per heavy atom. The summed E-state index contributed by atoms with van der Waals surface area (Å²) in [4.78, 5) is 49.0. The fraction of sp³-hybridized carbons (Fsp3) is 0.333. The fourth-order valence-corrected chi connectivity index (χ4v) is 6.31. The van der Waals surface area contributed by atoms with Gasteiger partial charge in [-0.25, -0.2) is 18.9 Å². The van der Waals surface area contributed by atoms with E-state index >= 15 is 0 Å². The van der Waals surface area contributed by atoms with Gasteiger partial charge in [-0.2, -0.15) is 18.3 Å². The Hall–Kier alpha value is -5.14. The number of anilines is 1. The van der Waals surface area contributed by atoms with Crippen LogP contribution < -0.4 is 5.32 Å². The van der Waals surface area contributed by atoms with Crippen molar-refractivity contribution in [3.8, 4) is 11.1 Å². The quantitative estimate of drug-likeness (QED) is 0.181. The van der Waals surface area contributed by atoms with Crippen LogP contribution in [0.3, 0.4) is 0 Å². The van der Waals surface area contributed by atoms with Crippen LogP contribution in [0.4, 0.5) is 23.4 Å². The van der Waals surface area contributed by atoms with E-state index in [1.54, 1.807) is 22.2 Å². The van der Waals surface area contributed by atoms with Crippen molar-refractivity contribution in [2.75, 3.05) is 11.9 Å². The normalized spacial score (nSPS) is 16.7. The van der Waals surface area contributed by atoms with Crippen LogP contribution in [-0.4, -0.2) is 59.2 Å². The Balaban J connectivity index is 1.29. The van der Waals surface area contributed by atoms with Crippen LogP contribution in [0.1, 0.15) is 53.3 Å². The van der Waals surface area contributed by atoms with Crippen LogP contribution in [0.25, 0.3) is 27.7 Å². The number of carbonyl (C=O) groups excluding carboxylic acids is 3. The lowest BCUT2D eigenvalue weighted by atomic mass is 9.99. The number of aromatic nitrogens is 5. The minimum atomic E-state index is -5.05. The average molecular weight is 650 g/mol. The van der Waals surface area contributed by atoms with Crippen LogP contribution in [-0.2, 0) is 22.3 Å². The van der Waals surface area contributed by atoms with Crippen molar-refractivity contribution >= 4 is 40.0 Å². The SMILES string of the molecule is CC(=O)c1cn(CC(=O)N2CC(C)CC2C(=O)Nc2nc(C(F)(F)F)c(F)cc2C)c2c(C)cc(-c3ccc4nc(C)nn4c3)cc12. The Bertz CT molecular complexity index is 2100. The van der Waals surface area contributed by atoms with Gasteiger partial charge in [-0.1, -0.05) is 6.92 Å². The van der Waals surface area contributed by atoms with Crippen LogP contribution in [0.5, 0.6) is 0 Å². The fourth-order valence-electron chi connectivity index (χ4n) is 6.31. The number of pyridine rings is 2. The number of halogens is 4. The molecule has 1 aliphatic heterocycles. The lowest BCUT2D eigenvalue weighted by Crippen LogP contribution is -2.44. The number of likely N-dealkylation sites (tertiary alicyclic amines) is 1. The number of hydrogen-bond acceptors (Lipinski definition) is 6. The van der Waals surface area contributed by atoms with E-state index in [-0.39, 0.29) is 36.8 Å². The van der Waals surface area contributed by atoms with E-state index in [0.29, 0.717) is 34.0 Å². The molecule has 4 aromatic heterocycles. The standard InChI is InChI=1S/C33H31F4N7O3/c1-16-8-26(32(47)40-31-18(3)10-25(34)30(39-31)33(35,36)37)43(12-16)28(46)15-42-14-24(19(4)45)23-11-22(9-17(2)29(23)42)21-6-7-27-38-20(5)41-44(27)13-21/h6-7,9-11,13-14,16,26H,8,12,15H2,1-5H3,(H,39,40,47). The van der Waals surface area contributed by atoms with Gasteiger partial charge in [0, 0.05) is 35.5 Å². The van der Waals surface area contributed by atoms with Gasteiger partial charge in [0.25, 0.3) is 0 Å². The molecule has 14 heteroatoms. The highest BCUT2D eigenvalue weighted by atomic mass is 19.4. The smallest absolute Gasteiger partial charge is 0.337 e. The largest absolute Gasteiger partial charge is 0.436 e. The maximum atomic E-state index is 14.0. The van der Waals surface area contributed by atoms with Crippen molar-refractivity contribution < 1.29 is 31.9 Å². The molecule has 5 heterocycles. The summed E-state index contributed by atoms with van der Waals surface area (Å²) in [6.45, 7) is 8.39. The molecule has 2 unspecified atom stereocenters. The average Bonchev–Trinajstić information content (AvgIpc) is 3.67. The van der Waals surface area contributed by atoms with Crippen molar-refractivity contribution in [3.05, 3.63) is 76.8 Å². The Morgan fingerprint density at radius 1 is 1.00 bits per heavy atom. The summed E-state index contributed by atoms with van der Waals surface area (Å²) in [5.41, 5.74) is 2.61. The van der Waals surface area contributed by atoms with Gasteiger partial charge in [0.2, 0.25) is 11.8 Å². The molecular weight excluding hydrogens is 618 g/mol. The molecule has 1 aliphatic rings. The molecule has 0 saturated carbocycles. The second-order valence-electron chi connectivity index (χ2n) is 12.2. The van der Waals surface area contributed by atoms with Gasteiger partial charge in [0.05, 0.1) is 5.52 Å². The van der Waals surface area contributed by atoms with Gasteiger partial charge in [-0.05, 0) is 87.1 Å². The van der Waals surface area contributed by atoms with Crippen molar-refractivity contribution in [1.29, 1.82) is 0 Å². The maximum absolute atomic E-state index is 14.0. The Morgan fingerprint density at radius 3 is 2.45 bits per heavy atom. The predicted molar refractivity (Wildman–Crippen MR) is 165 cm³/mol. The number of alkyl halides is 3. The van der Waals surface area contributed by atoms with Gasteiger partial charge in [-0.3, -0.25) is 14.4 Å². The van der Waals surface area contributed by atoms with E-state index in [0.717, 1.165) is 16.7 Å². The number of nitrogens with one attached hydrogen (secondary N) is 1. The number of aryl methyl sites for hydroxylation is 3. The molecule has 0 bridgehead atoms. The summed E-state index contributed by atoms with van der Waals surface area (Å²) in [5.74, 6) is -2.73. The van der Waals surface area contributed by atoms with Gasteiger partial charge in [0.15, 0.2) is 22.9 Å². The highest BCUT2D eigenvalue weighted by Gasteiger charge is 2.40. The number of amides is 2. The first-order valence-corrected chi connectivity index (χ1v) is 14.9. The first-order chi connectivity index (χ1) is 22.1. The Labute approximate surface area is 266 Å². The van der Waals surface area contributed by atoms with Crippen LogP contribution >= 0.6 is 0 Å². The summed E-state index contributed by atoms with van der Waals surface area (Å²) in [6, 6.07) is 7.31. The number of hydrogen-bond donors (Lipinski definition) is 1. The van der Waals surface area contributed by atoms with Crippen molar-refractivity contribution in [2.45, 2.75) is 59.8 Å². The van der Waals surface area contributed by atoms with Crippen molar-refractivity contribution in [2.24, 2.45) is 5.92 Å². The summed E-state index contributed by atoms with van der Waals surface area (Å²) in [7, 11) is 0. The zero-order chi connectivity index (χ0) is 33.9. The number of fused-ring (bicyclic) bond motifs is 2. The highest BCUT2D eigenvalue weighted by molar-refractivity contribution is 6.09. The van der Waals surface area contributed by atoms with Crippen LogP contribution in [0.2, 0.25) is 0 Å². The zero-order valence-corrected chi connectivity index (χ0v) is 26.2. The number of nitrogens with zero attached hydrogens (tertiary/aromatic N) is 6. The topological polar surface area (TPSA) is 114 Å². The molecule has 0 radical (unpaired) electrons. The summed E-state index contributed by atoms with van der Waals surface area (Å²) in [6.07, 6.45) is -1.30. The van der Waals surface area contributed by atoms with Crippen LogP contribution in [0, 0.1) is 32.5 Å². The van der Waals surface area contributed by atoms with Gasteiger partial charge in [-0.15, -0.1) is 0 Å². The molecule has 10 nitrogen and oxygen atoms in total. The summed E-state index contributed by atoms with van der Waals surface area (Å²) < 4.78 is 57.2. The molecule has 1 fully saturated rings. The monoisotopic (exact) mass is 649 g/mol. The Kier molecular flexibility index (Phi) is 7.84. The predicted octanol–water partition coefficient (Wildman–Crippen LogP) is 5.91. The van der Waals surface area contributed by atoms with E-state index in [2.05, 4.69) is 20.4 Å². The highest BCUT2D eigenvalue weighted by Crippen LogP contribution is 2.34. The number of Topliss-reactive ketones (excluding diaryl/α,β-unsaturated/α-hetero) is 1. The van der Waals surface area contributed by atoms with Crippen molar-refractivity contribution in [1.82, 2.24) is 29.0 Å². The first kappa shape index (κ1) is 31.8. The molecule has 2 atom stereocenters. The third kappa shape index (κ3) is 5.95. The molecular formula is C33H31F4N7O3. The van der Waals surface area contributed by atoms with E-state index in [9.17, 15) is 31.9 Å². The minimum absolute atomic E-state index is 0.00881. The maximum Gasteiger partial charge on any atom is 0.436 e. The molecule has 244 valence electrons. The minimum Gasteiger partial charge on any atom is -0.337 e. The third-order valence-corrected chi connectivity index (χ3v) is 8.43. The van der Waals surface area contributed by atoms with E-state index in [4.69, 9.17) is 0 Å². The van der Waals surface area contributed by atoms with E-state index < -0.39 is 41.4 Å². The van der Waals surface area contributed by atoms with Crippen molar-refractivity contribution in [3.63, 3.8) is 0 Å². The van der Waals surface area contributed by atoms with E-state index in [1.807, 2.05) is 44.3 Å². The third-order valence-electron chi connectivity index (χ3n) is 8.43. The second kappa shape index (κ2) is 11.6. The molecule has 1 aromatic carbocycles. The molecule has 6 rings (SSSR count). The van der Waals surface area contributed by atoms with Gasteiger partial charge < -0.3 is 14.8 Å². The number of carbonyl (C=O) groups is 3. The molecule has 0 spiro atoms. The lowest BCUT2D eigenvalue weighted by molar-refractivity contribution is -0.143. The summed E-state index contributed by atoms with van der Waals surface area (Å²) in [5, 5.41) is 7.43. The number of rotatable bonds is 6. The molecule has 5 aromatic rings. The van der Waals surface area contributed by atoms with Gasteiger partial charge in [0.1, 0.15) is 24.2 Å². The molecule has 0 aliphatic carbocycles. The van der Waals surface area contributed by atoms with Crippen LogP contribution in [0.15, 0.2) is 42.7 Å². The zero-order valence-electron chi connectivity index (χ0n) is 26.2. The first-order valence-electron chi connectivity index (χ1n) is 14.9. The number of benzene rings is 1. The number of ketones is 1. The van der Waals surface area contributed by atoms with Gasteiger partial charge >= 0.3 is 6.18 Å². The molecule has 1 saturated heterocycles. The lowest BCUT2D eigenvalue weighted by Gasteiger charge is -2.25.